The van der Waals surface area contributed by atoms with Gasteiger partial charge < -0.3 is 14.2 Å². The van der Waals surface area contributed by atoms with Crippen LogP contribution in [-0.2, 0) is 23.8 Å². The number of esters is 2. The lowest BCUT2D eigenvalue weighted by Gasteiger charge is -2.22. The fraction of sp³-hybridized carbons (Fsp3) is 0.500. The molecule has 0 aliphatic heterocycles. The van der Waals surface area contributed by atoms with Crippen LogP contribution in [0.15, 0.2) is 24.8 Å². The van der Waals surface area contributed by atoms with Crippen molar-refractivity contribution in [1.29, 1.82) is 0 Å². The highest BCUT2D eigenvalue weighted by atomic mass is 19.4. The Kier molecular flexibility index (Phi) is 7.80. The van der Waals surface area contributed by atoms with Crippen LogP contribution < -0.4 is 0 Å². The Labute approximate surface area is 126 Å². The molecule has 132 valence electrons. The molecule has 23 heavy (non-hydrogen) atoms. The molecule has 0 saturated carbocycles. The number of hydrogen-bond acceptors (Lipinski definition) is 5. The summed E-state index contributed by atoms with van der Waals surface area (Å²) in [7, 11) is 0. The van der Waals surface area contributed by atoms with Crippen molar-refractivity contribution in [2.75, 3.05) is 19.8 Å². The molecule has 0 bridgehead atoms. The third kappa shape index (κ3) is 8.24. The molecule has 0 aliphatic carbocycles. The molecule has 0 saturated heterocycles. The third-order valence-corrected chi connectivity index (χ3v) is 1.97. The Morgan fingerprint density at radius 3 is 2.00 bits per heavy atom. The second-order valence-electron chi connectivity index (χ2n) is 3.94. The lowest BCUT2D eigenvalue weighted by atomic mass is 10.3. The van der Waals surface area contributed by atoms with Gasteiger partial charge in [0.25, 0.3) is 6.10 Å². The zero-order valence-electron chi connectivity index (χ0n) is 11.5. The van der Waals surface area contributed by atoms with E-state index in [1.807, 2.05) is 0 Å². The number of alkyl halides is 6. The van der Waals surface area contributed by atoms with Gasteiger partial charge in [-0.1, -0.05) is 12.7 Å². The second kappa shape index (κ2) is 8.56. The Bertz CT molecular complexity index is 440. The first-order valence-electron chi connectivity index (χ1n) is 5.76. The monoisotopic (exact) mass is 350 g/mol. The van der Waals surface area contributed by atoms with E-state index in [-0.39, 0.29) is 18.8 Å². The zero-order valence-corrected chi connectivity index (χ0v) is 11.5. The van der Waals surface area contributed by atoms with Crippen LogP contribution in [0.5, 0.6) is 0 Å². The lowest BCUT2D eigenvalue weighted by Crippen LogP contribution is -2.46. The summed E-state index contributed by atoms with van der Waals surface area (Å²) in [5, 5.41) is 0. The number of rotatable bonds is 8. The topological polar surface area (TPSA) is 61.8 Å². The van der Waals surface area contributed by atoms with Crippen molar-refractivity contribution < 1.29 is 50.1 Å². The number of ether oxygens (including phenoxy) is 3. The highest BCUT2D eigenvalue weighted by Gasteiger charge is 2.59. The van der Waals surface area contributed by atoms with Crippen molar-refractivity contribution in [2.45, 2.75) is 18.5 Å². The summed E-state index contributed by atoms with van der Waals surface area (Å²) in [4.78, 5) is 22.2. The zero-order chi connectivity index (χ0) is 18.3. The summed E-state index contributed by atoms with van der Waals surface area (Å²) in [6, 6.07) is 0. The van der Waals surface area contributed by atoms with E-state index in [1.165, 1.54) is 6.08 Å². The van der Waals surface area contributed by atoms with Gasteiger partial charge in [-0.2, -0.15) is 26.3 Å². The maximum Gasteiger partial charge on any atom is 0.434 e. The van der Waals surface area contributed by atoms with Crippen LogP contribution in [-0.4, -0.2) is 50.2 Å². The molecule has 0 amide bonds. The first-order chi connectivity index (χ1) is 10.4. The van der Waals surface area contributed by atoms with E-state index in [0.717, 1.165) is 0 Å². The van der Waals surface area contributed by atoms with E-state index in [4.69, 9.17) is 4.74 Å². The van der Waals surface area contributed by atoms with Gasteiger partial charge in [0.1, 0.15) is 0 Å². The molecule has 0 aliphatic rings. The first-order valence-corrected chi connectivity index (χ1v) is 5.76. The summed E-state index contributed by atoms with van der Waals surface area (Å²) in [6.07, 6.45) is -14.6. The lowest BCUT2D eigenvalue weighted by molar-refractivity contribution is -0.313. The number of carbonyl (C=O) groups excluding carboxylic acids is 2. The van der Waals surface area contributed by atoms with Gasteiger partial charge in [0.15, 0.2) is 6.61 Å². The maximum absolute atomic E-state index is 12.1. The molecule has 0 aromatic rings. The molecule has 0 unspecified atom stereocenters. The molecular weight excluding hydrogens is 338 g/mol. The van der Waals surface area contributed by atoms with Gasteiger partial charge in [0, 0.05) is 0 Å². The van der Waals surface area contributed by atoms with Gasteiger partial charge in [-0.3, -0.25) is 0 Å². The van der Waals surface area contributed by atoms with Crippen molar-refractivity contribution in [3.63, 3.8) is 0 Å². The Balaban J connectivity index is 4.46. The average Bonchev–Trinajstić information content (AvgIpc) is 2.39. The standard InChI is InChI=1S/C12H12F6O5/c1-3-4-21-5-7(2)9(20)22-6-8(19)23-10(11(13,14)15)12(16,17)18/h3,10H,1-2,4-6H2. The molecule has 0 aromatic carbocycles. The molecule has 0 spiro atoms. The van der Waals surface area contributed by atoms with Crippen molar-refractivity contribution in [3.05, 3.63) is 24.8 Å². The van der Waals surface area contributed by atoms with Crippen LogP contribution in [0.4, 0.5) is 26.3 Å². The van der Waals surface area contributed by atoms with Crippen LogP contribution >= 0.6 is 0 Å². The largest absolute Gasteiger partial charge is 0.450 e. The quantitative estimate of drug-likeness (QED) is 0.221. The molecule has 0 radical (unpaired) electrons. The van der Waals surface area contributed by atoms with Crippen molar-refractivity contribution >= 4 is 11.9 Å². The molecule has 0 N–H and O–H groups in total. The molecule has 0 heterocycles. The maximum atomic E-state index is 12.1. The van der Waals surface area contributed by atoms with E-state index in [1.54, 1.807) is 0 Å². The third-order valence-electron chi connectivity index (χ3n) is 1.97. The predicted molar refractivity (Wildman–Crippen MR) is 63.1 cm³/mol. The molecule has 11 heteroatoms. The van der Waals surface area contributed by atoms with Gasteiger partial charge in [-0.25, -0.2) is 9.59 Å². The molecule has 0 atom stereocenters. The summed E-state index contributed by atoms with van der Waals surface area (Å²) < 4.78 is 85.0. The van der Waals surface area contributed by atoms with Crippen LogP contribution in [0.25, 0.3) is 0 Å². The molecular formula is C12H12F6O5. The van der Waals surface area contributed by atoms with Gasteiger partial charge in [-0.15, -0.1) is 6.58 Å². The fourth-order valence-corrected chi connectivity index (χ4v) is 1.04. The number of carbonyl (C=O) groups is 2. The van der Waals surface area contributed by atoms with Crippen LogP contribution in [0.3, 0.4) is 0 Å². The molecule has 5 nitrogen and oxygen atoms in total. The van der Waals surface area contributed by atoms with Gasteiger partial charge >= 0.3 is 24.3 Å². The van der Waals surface area contributed by atoms with Gasteiger partial charge in [0.05, 0.1) is 18.8 Å². The molecule has 0 rings (SSSR count). The van der Waals surface area contributed by atoms with E-state index in [0.29, 0.717) is 0 Å². The Hall–Kier alpha value is -2.04. The minimum atomic E-state index is -5.85. The van der Waals surface area contributed by atoms with Crippen LogP contribution in [0, 0.1) is 0 Å². The van der Waals surface area contributed by atoms with E-state index in [2.05, 4.69) is 22.6 Å². The highest BCUT2D eigenvalue weighted by Crippen LogP contribution is 2.35. The van der Waals surface area contributed by atoms with E-state index < -0.39 is 37.0 Å². The predicted octanol–water partition coefficient (Wildman–Crippen LogP) is 2.32. The highest BCUT2D eigenvalue weighted by molar-refractivity contribution is 5.89. The molecule has 0 aromatic heterocycles. The van der Waals surface area contributed by atoms with E-state index in [9.17, 15) is 35.9 Å². The van der Waals surface area contributed by atoms with E-state index >= 15 is 0 Å². The fourth-order valence-electron chi connectivity index (χ4n) is 1.04. The van der Waals surface area contributed by atoms with Crippen LogP contribution in [0.2, 0.25) is 0 Å². The SMILES string of the molecule is C=CCOCC(=C)C(=O)OCC(=O)OC(C(F)(F)F)C(F)(F)F. The van der Waals surface area contributed by atoms with Crippen LogP contribution in [0.1, 0.15) is 0 Å². The number of halogens is 6. The minimum absolute atomic E-state index is 0.0627. The summed E-state index contributed by atoms with van der Waals surface area (Å²) >= 11 is 0. The Morgan fingerprint density at radius 1 is 1.04 bits per heavy atom. The number of hydrogen-bond donors (Lipinski definition) is 0. The minimum Gasteiger partial charge on any atom is -0.450 e. The average molecular weight is 350 g/mol. The first kappa shape index (κ1) is 21.0. The summed E-state index contributed by atoms with van der Waals surface area (Å²) in [6.45, 7) is 4.81. The summed E-state index contributed by atoms with van der Waals surface area (Å²) in [5.41, 5.74) is -0.303. The second-order valence-corrected chi connectivity index (χ2v) is 3.94. The van der Waals surface area contributed by atoms with Crippen molar-refractivity contribution in [1.82, 2.24) is 0 Å². The molecule has 0 fully saturated rings. The van der Waals surface area contributed by atoms with Crippen molar-refractivity contribution in [3.8, 4) is 0 Å². The Morgan fingerprint density at radius 2 is 1.57 bits per heavy atom. The van der Waals surface area contributed by atoms with Gasteiger partial charge in [-0.05, 0) is 0 Å². The normalized spacial score (nSPS) is 12.0. The summed E-state index contributed by atoms with van der Waals surface area (Å²) in [5.74, 6) is -3.25. The smallest absolute Gasteiger partial charge is 0.434 e. The van der Waals surface area contributed by atoms with Crippen molar-refractivity contribution in [2.24, 2.45) is 0 Å². The van der Waals surface area contributed by atoms with Gasteiger partial charge in [0.2, 0.25) is 0 Å².